The van der Waals surface area contributed by atoms with Crippen LogP contribution >= 0.6 is 0 Å². The Hall–Kier alpha value is -3.52. The van der Waals surface area contributed by atoms with Crippen LogP contribution in [0.2, 0.25) is 0 Å². The summed E-state index contributed by atoms with van der Waals surface area (Å²) >= 11 is 0. The summed E-state index contributed by atoms with van der Waals surface area (Å²) in [6.07, 6.45) is 0.225. The van der Waals surface area contributed by atoms with Gasteiger partial charge in [0.2, 0.25) is 0 Å². The fourth-order valence-corrected chi connectivity index (χ4v) is 6.82. The molecule has 4 rings (SSSR count). The molecular weight excluding hydrogens is 500 g/mol. The quantitative estimate of drug-likeness (QED) is 0.380. The third-order valence-electron chi connectivity index (χ3n) is 7.27. The number of nitrogens with zero attached hydrogens (tertiary/aromatic N) is 2. The SMILES string of the molecule is COc1ccc(N(CC2CCN(C(=O)O)C(C(C)(C)C)C2)S(=O)(=O)c2ccccc2)c(-c2ccccc2)c1. The van der Waals surface area contributed by atoms with Gasteiger partial charge in [-0.15, -0.1) is 0 Å². The summed E-state index contributed by atoms with van der Waals surface area (Å²) in [7, 11) is -2.34. The number of hydrogen-bond acceptors (Lipinski definition) is 4. The van der Waals surface area contributed by atoms with Crippen LogP contribution in [0.1, 0.15) is 33.6 Å². The maximum Gasteiger partial charge on any atom is 0.407 e. The lowest BCUT2D eigenvalue weighted by atomic mass is 9.77. The third-order valence-corrected chi connectivity index (χ3v) is 9.06. The first-order chi connectivity index (χ1) is 18.0. The van der Waals surface area contributed by atoms with Crippen molar-refractivity contribution in [1.29, 1.82) is 0 Å². The summed E-state index contributed by atoms with van der Waals surface area (Å²) < 4.78 is 35.4. The minimum Gasteiger partial charge on any atom is -0.497 e. The van der Waals surface area contributed by atoms with E-state index in [1.54, 1.807) is 49.6 Å². The van der Waals surface area contributed by atoms with E-state index in [4.69, 9.17) is 4.74 Å². The third kappa shape index (κ3) is 5.80. The molecular formula is C30H36N2O5S. The van der Waals surface area contributed by atoms with Crippen molar-refractivity contribution in [3.8, 4) is 16.9 Å². The number of amides is 1. The highest BCUT2D eigenvalue weighted by atomic mass is 32.2. The molecule has 0 saturated carbocycles. The van der Waals surface area contributed by atoms with Gasteiger partial charge in [0.15, 0.2) is 0 Å². The number of ether oxygens (including phenoxy) is 1. The summed E-state index contributed by atoms with van der Waals surface area (Å²) in [6.45, 7) is 6.71. The number of methoxy groups -OCH3 is 1. The van der Waals surface area contributed by atoms with Crippen LogP contribution in [0.4, 0.5) is 10.5 Å². The van der Waals surface area contributed by atoms with E-state index >= 15 is 0 Å². The lowest BCUT2D eigenvalue weighted by Gasteiger charge is -2.45. The van der Waals surface area contributed by atoms with Crippen LogP contribution in [-0.4, -0.2) is 50.8 Å². The molecule has 0 aliphatic carbocycles. The van der Waals surface area contributed by atoms with E-state index in [0.717, 1.165) is 11.1 Å². The summed E-state index contributed by atoms with van der Waals surface area (Å²) in [4.78, 5) is 13.7. The molecule has 7 nitrogen and oxygen atoms in total. The van der Waals surface area contributed by atoms with Crippen LogP contribution in [0.25, 0.3) is 11.1 Å². The van der Waals surface area contributed by atoms with Gasteiger partial charge in [-0.1, -0.05) is 69.3 Å². The second kappa shape index (κ2) is 11.1. The van der Waals surface area contributed by atoms with E-state index in [2.05, 4.69) is 0 Å². The standard InChI is InChI=1S/C30H36N2O5S/c1-30(2,3)28-19-22(17-18-31(28)29(33)34)21-32(38(35,36)25-13-9-6-10-14-25)27-16-15-24(37-4)20-26(27)23-11-7-5-8-12-23/h5-16,20,22,28H,17-19,21H2,1-4H3,(H,33,34). The second-order valence-corrected chi connectivity index (χ2v) is 12.7. The Morgan fingerprint density at radius 3 is 2.24 bits per heavy atom. The van der Waals surface area contributed by atoms with E-state index in [-0.39, 0.29) is 28.8 Å². The number of carbonyl (C=O) groups is 1. The number of rotatable bonds is 7. The number of likely N-dealkylation sites (tertiary alicyclic amines) is 1. The van der Waals surface area contributed by atoms with Gasteiger partial charge >= 0.3 is 6.09 Å². The molecule has 2 unspecified atom stereocenters. The van der Waals surface area contributed by atoms with Gasteiger partial charge in [-0.2, -0.15) is 0 Å². The molecule has 1 fully saturated rings. The predicted octanol–water partition coefficient (Wildman–Crippen LogP) is 6.36. The van der Waals surface area contributed by atoms with Gasteiger partial charge in [-0.25, -0.2) is 13.2 Å². The zero-order valence-electron chi connectivity index (χ0n) is 22.4. The van der Waals surface area contributed by atoms with Crippen LogP contribution in [0.3, 0.4) is 0 Å². The number of benzene rings is 3. The molecule has 202 valence electrons. The van der Waals surface area contributed by atoms with Crippen LogP contribution in [-0.2, 0) is 10.0 Å². The largest absolute Gasteiger partial charge is 0.497 e. The molecule has 38 heavy (non-hydrogen) atoms. The molecule has 1 heterocycles. The van der Waals surface area contributed by atoms with Gasteiger partial charge in [0.05, 0.1) is 17.7 Å². The van der Waals surface area contributed by atoms with Crippen molar-refractivity contribution < 1.29 is 23.1 Å². The predicted molar refractivity (Wildman–Crippen MR) is 150 cm³/mol. The Kier molecular flexibility index (Phi) is 8.02. The second-order valence-electron chi connectivity index (χ2n) is 10.8. The average Bonchev–Trinajstić information content (AvgIpc) is 2.91. The van der Waals surface area contributed by atoms with Crippen molar-refractivity contribution in [2.24, 2.45) is 11.3 Å². The maximum atomic E-state index is 14.2. The Bertz CT molecular complexity index is 1350. The number of piperidine rings is 1. The van der Waals surface area contributed by atoms with Crippen LogP contribution in [0.5, 0.6) is 5.75 Å². The first-order valence-corrected chi connectivity index (χ1v) is 14.3. The summed E-state index contributed by atoms with van der Waals surface area (Å²) in [5, 5.41) is 9.82. The molecule has 3 aromatic rings. The lowest BCUT2D eigenvalue weighted by Crippen LogP contribution is -2.53. The zero-order chi connectivity index (χ0) is 27.5. The van der Waals surface area contributed by atoms with Crippen molar-refractivity contribution in [3.63, 3.8) is 0 Å². The monoisotopic (exact) mass is 536 g/mol. The van der Waals surface area contributed by atoms with E-state index in [1.165, 1.54) is 9.21 Å². The van der Waals surface area contributed by atoms with Crippen molar-refractivity contribution in [3.05, 3.63) is 78.9 Å². The molecule has 1 amide bonds. The Labute approximate surface area is 225 Å². The molecule has 0 aromatic heterocycles. The van der Waals surface area contributed by atoms with Crippen LogP contribution < -0.4 is 9.04 Å². The first kappa shape index (κ1) is 27.5. The fraction of sp³-hybridized carbons (Fsp3) is 0.367. The molecule has 2 atom stereocenters. The van der Waals surface area contributed by atoms with Gasteiger partial charge in [0.25, 0.3) is 10.0 Å². The number of hydrogen-bond donors (Lipinski definition) is 1. The minimum atomic E-state index is -3.92. The van der Waals surface area contributed by atoms with Gasteiger partial charge < -0.3 is 14.7 Å². The molecule has 0 radical (unpaired) electrons. The zero-order valence-corrected chi connectivity index (χ0v) is 23.2. The van der Waals surface area contributed by atoms with Crippen molar-refractivity contribution in [2.45, 2.75) is 44.6 Å². The number of carboxylic acid groups (broad SMARTS) is 1. The van der Waals surface area contributed by atoms with Crippen LogP contribution in [0, 0.1) is 11.3 Å². The number of anilines is 1. The Morgan fingerprint density at radius 2 is 1.66 bits per heavy atom. The molecule has 1 aliphatic rings. The summed E-state index contributed by atoms with van der Waals surface area (Å²) in [5.41, 5.74) is 1.91. The molecule has 1 aliphatic heterocycles. The molecule has 8 heteroatoms. The minimum absolute atomic E-state index is 0.0287. The van der Waals surface area contributed by atoms with Crippen molar-refractivity contribution in [1.82, 2.24) is 4.90 Å². The number of sulfonamides is 1. The summed E-state index contributed by atoms with van der Waals surface area (Å²) in [5.74, 6) is 0.603. The van der Waals surface area contributed by atoms with Crippen molar-refractivity contribution in [2.75, 3.05) is 24.5 Å². The molecule has 3 aromatic carbocycles. The van der Waals surface area contributed by atoms with Gasteiger partial charge in [0, 0.05) is 24.7 Å². The normalized spacial score (nSPS) is 18.2. The molecule has 0 bridgehead atoms. The highest BCUT2D eigenvalue weighted by Gasteiger charge is 2.40. The first-order valence-electron chi connectivity index (χ1n) is 12.8. The topological polar surface area (TPSA) is 87.2 Å². The Balaban J connectivity index is 1.81. The van der Waals surface area contributed by atoms with E-state index in [0.29, 0.717) is 30.8 Å². The average molecular weight is 537 g/mol. The van der Waals surface area contributed by atoms with Gasteiger partial charge in [-0.3, -0.25) is 4.31 Å². The molecule has 0 spiro atoms. The van der Waals surface area contributed by atoms with E-state index in [1.807, 2.05) is 57.2 Å². The van der Waals surface area contributed by atoms with Gasteiger partial charge in [-0.05, 0) is 60.1 Å². The summed E-state index contributed by atoms with van der Waals surface area (Å²) in [6, 6.07) is 23.3. The fourth-order valence-electron chi connectivity index (χ4n) is 5.24. The maximum absolute atomic E-state index is 14.2. The smallest absolute Gasteiger partial charge is 0.407 e. The van der Waals surface area contributed by atoms with E-state index < -0.39 is 16.1 Å². The Morgan fingerprint density at radius 1 is 1.03 bits per heavy atom. The lowest BCUT2D eigenvalue weighted by molar-refractivity contribution is 0.0423. The molecule has 1 saturated heterocycles. The highest BCUT2D eigenvalue weighted by Crippen LogP contribution is 2.40. The highest BCUT2D eigenvalue weighted by molar-refractivity contribution is 7.92. The van der Waals surface area contributed by atoms with E-state index in [9.17, 15) is 18.3 Å². The van der Waals surface area contributed by atoms with Crippen LogP contribution in [0.15, 0.2) is 83.8 Å². The van der Waals surface area contributed by atoms with Gasteiger partial charge in [0.1, 0.15) is 5.75 Å². The van der Waals surface area contributed by atoms with Crippen molar-refractivity contribution >= 4 is 21.8 Å². The molecule has 1 N–H and O–H groups in total.